The molecule has 33 heavy (non-hydrogen) atoms. The minimum absolute atomic E-state index is 0.0472. The number of carbonyl (C=O) groups is 2. The molecule has 8 nitrogen and oxygen atoms in total. The highest BCUT2D eigenvalue weighted by molar-refractivity contribution is 5.92. The van der Waals surface area contributed by atoms with Gasteiger partial charge in [0.05, 0.1) is 12.1 Å². The third-order valence-electron chi connectivity index (χ3n) is 6.56. The molecular formula is C25H33N5O3. The van der Waals surface area contributed by atoms with Gasteiger partial charge in [-0.2, -0.15) is 4.98 Å². The molecule has 2 amide bonds. The second-order valence-electron chi connectivity index (χ2n) is 9.31. The molecule has 1 aromatic carbocycles. The van der Waals surface area contributed by atoms with E-state index in [1.165, 1.54) is 6.42 Å². The van der Waals surface area contributed by atoms with Crippen molar-refractivity contribution >= 4 is 29.5 Å². The first-order valence-electron chi connectivity index (χ1n) is 11.9. The molecule has 1 aliphatic carbocycles. The normalized spacial score (nSPS) is 19.9. The predicted octanol–water partition coefficient (Wildman–Crippen LogP) is 5.15. The largest absolute Gasteiger partial charge is 0.447 e. The van der Waals surface area contributed by atoms with Crippen LogP contribution in [0.25, 0.3) is 0 Å². The number of nitrogens with one attached hydrogen (secondary N) is 2. The van der Waals surface area contributed by atoms with Crippen LogP contribution in [0.4, 0.5) is 22.2 Å². The summed E-state index contributed by atoms with van der Waals surface area (Å²) in [5, 5.41) is 6.35. The van der Waals surface area contributed by atoms with Gasteiger partial charge in [0.1, 0.15) is 12.4 Å². The minimum atomic E-state index is -0.378. The maximum absolute atomic E-state index is 12.5. The summed E-state index contributed by atoms with van der Waals surface area (Å²) in [5.74, 6) is 1.48. The number of anilines is 3. The van der Waals surface area contributed by atoms with Gasteiger partial charge in [-0.3, -0.25) is 9.69 Å². The highest BCUT2D eigenvalue weighted by Crippen LogP contribution is 2.28. The van der Waals surface area contributed by atoms with Crippen molar-refractivity contribution in [1.29, 1.82) is 0 Å². The number of amides is 2. The Hall–Kier alpha value is -3.16. The van der Waals surface area contributed by atoms with Crippen molar-refractivity contribution in [2.24, 2.45) is 11.8 Å². The number of ether oxygens (including phenoxy) is 1. The van der Waals surface area contributed by atoms with Gasteiger partial charge in [0, 0.05) is 17.8 Å². The number of aromatic nitrogens is 2. The summed E-state index contributed by atoms with van der Waals surface area (Å²) < 4.78 is 5.24. The lowest BCUT2D eigenvalue weighted by Crippen LogP contribution is -2.37. The van der Waals surface area contributed by atoms with Crippen LogP contribution in [-0.4, -0.2) is 34.6 Å². The number of rotatable bonds is 7. The summed E-state index contributed by atoms with van der Waals surface area (Å²) >= 11 is 0. The van der Waals surface area contributed by atoms with E-state index >= 15 is 0 Å². The van der Waals surface area contributed by atoms with E-state index in [1.807, 2.05) is 31.2 Å². The number of nitrogens with zero attached hydrogens (tertiary/aromatic N) is 3. The van der Waals surface area contributed by atoms with Crippen LogP contribution in [0.5, 0.6) is 0 Å². The molecule has 2 unspecified atom stereocenters. The Morgan fingerprint density at radius 2 is 1.82 bits per heavy atom. The van der Waals surface area contributed by atoms with Crippen molar-refractivity contribution in [3.63, 3.8) is 0 Å². The minimum Gasteiger partial charge on any atom is -0.447 e. The first-order chi connectivity index (χ1) is 15.9. The lowest BCUT2D eigenvalue weighted by Gasteiger charge is -2.24. The standard InChI is InChI=1S/C25H33N5O3/c1-16(2)21-15-33-25(32)30(21)22-13-14-26-24(29-22)27-17(3)18-9-11-20(12-10-18)28-23(31)19-7-5-4-6-8-19/h9-14,16-17,19,21H,4-8,15H2,1-3H3,(H,28,31)(H,26,27,29). The van der Waals surface area contributed by atoms with E-state index in [-0.39, 0.29) is 35.9 Å². The third-order valence-corrected chi connectivity index (χ3v) is 6.56. The van der Waals surface area contributed by atoms with Gasteiger partial charge in [0.25, 0.3) is 0 Å². The molecule has 2 heterocycles. The average Bonchev–Trinajstić information content (AvgIpc) is 3.22. The second kappa shape index (κ2) is 10.2. The fraction of sp³-hybridized carbons (Fsp3) is 0.520. The molecule has 1 saturated heterocycles. The Morgan fingerprint density at radius 1 is 1.09 bits per heavy atom. The summed E-state index contributed by atoms with van der Waals surface area (Å²) in [6.45, 7) is 6.50. The van der Waals surface area contributed by atoms with E-state index in [0.717, 1.165) is 36.9 Å². The smallest absolute Gasteiger partial charge is 0.415 e. The summed E-state index contributed by atoms with van der Waals surface area (Å²) in [4.78, 5) is 35.2. The Labute approximate surface area is 195 Å². The summed E-state index contributed by atoms with van der Waals surface area (Å²) in [6, 6.07) is 9.46. The predicted molar refractivity (Wildman–Crippen MR) is 128 cm³/mol. The van der Waals surface area contributed by atoms with E-state index in [2.05, 4.69) is 34.4 Å². The van der Waals surface area contributed by atoms with Crippen LogP contribution < -0.4 is 15.5 Å². The zero-order chi connectivity index (χ0) is 23.4. The maximum atomic E-state index is 12.5. The van der Waals surface area contributed by atoms with E-state index in [9.17, 15) is 9.59 Å². The summed E-state index contributed by atoms with van der Waals surface area (Å²) in [6.07, 6.45) is 6.74. The van der Waals surface area contributed by atoms with E-state index in [0.29, 0.717) is 18.4 Å². The Morgan fingerprint density at radius 3 is 2.52 bits per heavy atom. The van der Waals surface area contributed by atoms with Crippen molar-refractivity contribution in [2.75, 3.05) is 22.1 Å². The Bertz CT molecular complexity index is 972. The molecular weight excluding hydrogens is 418 g/mol. The molecule has 1 saturated carbocycles. The third kappa shape index (κ3) is 5.43. The molecule has 0 radical (unpaired) electrons. The van der Waals surface area contributed by atoms with Crippen LogP contribution in [0.2, 0.25) is 0 Å². The van der Waals surface area contributed by atoms with Gasteiger partial charge in [0.2, 0.25) is 11.9 Å². The Kier molecular flexibility index (Phi) is 7.11. The van der Waals surface area contributed by atoms with Crippen LogP contribution in [0.3, 0.4) is 0 Å². The lowest BCUT2D eigenvalue weighted by molar-refractivity contribution is -0.120. The number of benzene rings is 1. The average molecular weight is 452 g/mol. The van der Waals surface area contributed by atoms with Crippen LogP contribution in [0.1, 0.15) is 64.5 Å². The van der Waals surface area contributed by atoms with Gasteiger partial charge in [-0.1, -0.05) is 45.2 Å². The first kappa shape index (κ1) is 23.0. The second-order valence-corrected chi connectivity index (χ2v) is 9.31. The van der Waals surface area contributed by atoms with Gasteiger partial charge >= 0.3 is 6.09 Å². The van der Waals surface area contributed by atoms with Crippen LogP contribution in [-0.2, 0) is 9.53 Å². The molecule has 0 bridgehead atoms. The molecule has 8 heteroatoms. The Balaban J connectivity index is 1.39. The van der Waals surface area contributed by atoms with Crippen molar-refractivity contribution in [2.45, 2.75) is 65.0 Å². The first-order valence-corrected chi connectivity index (χ1v) is 11.9. The fourth-order valence-corrected chi connectivity index (χ4v) is 4.48. The van der Waals surface area contributed by atoms with Crippen molar-refractivity contribution < 1.29 is 14.3 Å². The van der Waals surface area contributed by atoms with Crippen molar-refractivity contribution in [1.82, 2.24) is 9.97 Å². The SMILES string of the molecule is CC(Nc1nccc(N2C(=O)OCC2C(C)C)n1)c1ccc(NC(=O)C2CCCCC2)cc1. The molecule has 1 aliphatic heterocycles. The van der Waals surface area contributed by atoms with Crippen LogP contribution in [0.15, 0.2) is 36.5 Å². The number of cyclic esters (lactones) is 1. The summed E-state index contributed by atoms with van der Waals surface area (Å²) in [5.41, 5.74) is 1.85. The van der Waals surface area contributed by atoms with Crippen LogP contribution in [0, 0.1) is 11.8 Å². The maximum Gasteiger partial charge on any atom is 0.415 e. The number of carbonyl (C=O) groups excluding carboxylic acids is 2. The van der Waals surface area contributed by atoms with Gasteiger partial charge in [-0.25, -0.2) is 9.78 Å². The zero-order valence-corrected chi connectivity index (χ0v) is 19.6. The van der Waals surface area contributed by atoms with E-state index in [1.54, 1.807) is 17.2 Å². The molecule has 0 spiro atoms. The van der Waals surface area contributed by atoms with Gasteiger partial charge < -0.3 is 15.4 Å². The summed E-state index contributed by atoms with van der Waals surface area (Å²) in [7, 11) is 0. The van der Waals surface area contributed by atoms with E-state index in [4.69, 9.17) is 4.74 Å². The zero-order valence-electron chi connectivity index (χ0n) is 19.6. The highest BCUT2D eigenvalue weighted by Gasteiger charge is 2.37. The number of hydrogen-bond donors (Lipinski definition) is 2. The number of hydrogen-bond acceptors (Lipinski definition) is 6. The van der Waals surface area contributed by atoms with Gasteiger partial charge in [-0.05, 0) is 49.4 Å². The molecule has 2 fully saturated rings. The molecule has 1 aromatic heterocycles. The van der Waals surface area contributed by atoms with Crippen LogP contribution >= 0.6 is 0 Å². The quantitative estimate of drug-likeness (QED) is 0.604. The molecule has 176 valence electrons. The van der Waals surface area contributed by atoms with E-state index < -0.39 is 0 Å². The molecule has 4 rings (SSSR count). The molecule has 2 N–H and O–H groups in total. The molecule has 2 atom stereocenters. The van der Waals surface area contributed by atoms with Crippen molar-refractivity contribution in [3.8, 4) is 0 Å². The van der Waals surface area contributed by atoms with Crippen molar-refractivity contribution in [3.05, 3.63) is 42.1 Å². The topological polar surface area (TPSA) is 96.5 Å². The monoisotopic (exact) mass is 451 g/mol. The lowest BCUT2D eigenvalue weighted by atomic mass is 9.88. The highest BCUT2D eigenvalue weighted by atomic mass is 16.6. The molecule has 2 aromatic rings. The van der Waals surface area contributed by atoms with Gasteiger partial charge in [0.15, 0.2) is 0 Å². The van der Waals surface area contributed by atoms with Gasteiger partial charge in [-0.15, -0.1) is 0 Å². The molecule has 2 aliphatic rings. The fourth-order valence-electron chi connectivity index (χ4n) is 4.48.